The van der Waals surface area contributed by atoms with Crippen LogP contribution in [-0.2, 0) is 13.1 Å². The molecule has 0 aliphatic heterocycles. The van der Waals surface area contributed by atoms with E-state index in [0.717, 1.165) is 24.8 Å². The highest BCUT2D eigenvalue weighted by atomic mass is 15.2. The van der Waals surface area contributed by atoms with Gasteiger partial charge in [0, 0.05) is 6.54 Å². The zero-order valence-electron chi connectivity index (χ0n) is 9.69. The van der Waals surface area contributed by atoms with E-state index in [9.17, 15) is 0 Å². The first-order valence-electron chi connectivity index (χ1n) is 6.05. The van der Waals surface area contributed by atoms with Crippen molar-refractivity contribution in [2.24, 2.45) is 0 Å². The SMILES string of the molecule is c1cc(CNCc2ncn[nH]2)cc(C2CC2)c1. The van der Waals surface area contributed by atoms with E-state index >= 15 is 0 Å². The normalized spacial score (nSPS) is 15.1. The summed E-state index contributed by atoms with van der Waals surface area (Å²) in [5.41, 5.74) is 2.83. The smallest absolute Gasteiger partial charge is 0.138 e. The van der Waals surface area contributed by atoms with E-state index in [0.29, 0.717) is 0 Å². The summed E-state index contributed by atoms with van der Waals surface area (Å²) in [6.45, 7) is 1.61. The van der Waals surface area contributed by atoms with Gasteiger partial charge in [0.1, 0.15) is 12.2 Å². The molecular weight excluding hydrogens is 212 g/mol. The van der Waals surface area contributed by atoms with Crippen molar-refractivity contribution in [3.8, 4) is 0 Å². The van der Waals surface area contributed by atoms with E-state index in [1.807, 2.05) is 0 Å². The van der Waals surface area contributed by atoms with Gasteiger partial charge in [-0.2, -0.15) is 5.10 Å². The second-order valence-electron chi connectivity index (χ2n) is 4.56. The van der Waals surface area contributed by atoms with Gasteiger partial charge in [-0.25, -0.2) is 4.98 Å². The molecule has 0 spiro atoms. The van der Waals surface area contributed by atoms with Gasteiger partial charge in [-0.15, -0.1) is 0 Å². The quantitative estimate of drug-likeness (QED) is 0.822. The molecule has 1 aromatic carbocycles. The van der Waals surface area contributed by atoms with Crippen LogP contribution in [0.15, 0.2) is 30.6 Å². The third-order valence-corrected chi connectivity index (χ3v) is 3.09. The number of aromatic nitrogens is 3. The highest BCUT2D eigenvalue weighted by Gasteiger charge is 2.23. The fourth-order valence-corrected chi connectivity index (χ4v) is 2.01. The maximum atomic E-state index is 4.07. The second kappa shape index (κ2) is 4.67. The average Bonchev–Trinajstić information content (AvgIpc) is 3.09. The Morgan fingerprint density at radius 1 is 1.29 bits per heavy atom. The molecule has 4 heteroatoms. The number of aromatic amines is 1. The van der Waals surface area contributed by atoms with E-state index in [1.54, 1.807) is 0 Å². The zero-order chi connectivity index (χ0) is 11.5. The summed E-state index contributed by atoms with van der Waals surface area (Å²) in [6.07, 6.45) is 4.24. The van der Waals surface area contributed by atoms with Crippen molar-refractivity contribution in [1.29, 1.82) is 0 Å². The molecule has 0 amide bonds. The van der Waals surface area contributed by atoms with E-state index in [4.69, 9.17) is 0 Å². The van der Waals surface area contributed by atoms with Gasteiger partial charge in [0.25, 0.3) is 0 Å². The maximum absolute atomic E-state index is 4.07. The summed E-state index contributed by atoms with van der Waals surface area (Å²) < 4.78 is 0. The van der Waals surface area contributed by atoms with Gasteiger partial charge >= 0.3 is 0 Å². The molecule has 1 heterocycles. The van der Waals surface area contributed by atoms with E-state index < -0.39 is 0 Å². The Hall–Kier alpha value is -1.68. The molecule has 1 aromatic heterocycles. The first-order chi connectivity index (χ1) is 8.42. The monoisotopic (exact) mass is 228 g/mol. The number of benzene rings is 1. The number of H-pyrrole nitrogens is 1. The predicted molar refractivity (Wildman–Crippen MR) is 65.3 cm³/mol. The Balaban J connectivity index is 1.55. The zero-order valence-corrected chi connectivity index (χ0v) is 9.69. The Morgan fingerprint density at radius 2 is 2.24 bits per heavy atom. The molecule has 17 heavy (non-hydrogen) atoms. The Morgan fingerprint density at radius 3 is 3.00 bits per heavy atom. The molecular formula is C13H16N4. The Kier molecular flexibility index (Phi) is 2.88. The van der Waals surface area contributed by atoms with Crippen LogP contribution in [0.2, 0.25) is 0 Å². The largest absolute Gasteiger partial charge is 0.306 e. The minimum absolute atomic E-state index is 0.730. The first kappa shape index (κ1) is 10.5. The number of hydrogen-bond donors (Lipinski definition) is 2. The van der Waals surface area contributed by atoms with Gasteiger partial charge in [-0.3, -0.25) is 5.10 Å². The van der Waals surface area contributed by atoms with Crippen LogP contribution < -0.4 is 5.32 Å². The number of rotatable bonds is 5. The van der Waals surface area contributed by atoms with Gasteiger partial charge in [0.15, 0.2) is 0 Å². The van der Waals surface area contributed by atoms with Crippen LogP contribution in [0.1, 0.15) is 35.7 Å². The van der Waals surface area contributed by atoms with Gasteiger partial charge in [0.2, 0.25) is 0 Å². The van der Waals surface area contributed by atoms with Crippen LogP contribution in [0.4, 0.5) is 0 Å². The lowest BCUT2D eigenvalue weighted by molar-refractivity contribution is 0.664. The molecule has 2 aromatic rings. The number of hydrogen-bond acceptors (Lipinski definition) is 3. The molecule has 1 saturated carbocycles. The Bertz CT molecular complexity index is 474. The van der Waals surface area contributed by atoms with Crippen molar-refractivity contribution >= 4 is 0 Å². The maximum Gasteiger partial charge on any atom is 0.138 e. The van der Waals surface area contributed by atoms with Crippen molar-refractivity contribution in [2.45, 2.75) is 31.8 Å². The van der Waals surface area contributed by atoms with E-state index in [-0.39, 0.29) is 0 Å². The van der Waals surface area contributed by atoms with Crippen LogP contribution in [0.5, 0.6) is 0 Å². The standard InChI is InChI=1S/C13H16N4/c1-2-10(6-12(3-1)11-4-5-11)7-14-8-13-15-9-16-17-13/h1-3,6,9,11,14H,4-5,7-8H2,(H,15,16,17). The first-order valence-corrected chi connectivity index (χ1v) is 6.05. The molecule has 3 rings (SSSR count). The second-order valence-corrected chi connectivity index (χ2v) is 4.56. The van der Waals surface area contributed by atoms with Gasteiger partial charge < -0.3 is 5.32 Å². The minimum atomic E-state index is 0.730. The van der Waals surface area contributed by atoms with Crippen LogP contribution in [0.25, 0.3) is 0 Å². The molecule has 4 nitrogen and oxygen atoms in total. The molecule has 0 bridgehead atoms. The van der Waals surface area contributed by atoms with Crippen molar-refractivity contribution in [3.05, 3.63) is 47.5 Å². The summed E-state index contributed by atoms with van der Waals surface area (Å²) in [6, 6.07) is 8.86. The topological polar surface area (TPSA) is 53.6 Å². The van der Waals surface area contributed by atoms with Crippen LogP contribution in [0.3, 0.4) is 0 Å². The van der Waals surface area contributed by atoms with Gasteiger partial charge in [0.05, 0.1) is 6.54 Å². The van der Waals surface area contributed by atoms with Crippen molar-refractivity contribution < 1.29 is 0 Å². The van der Waals surface area contributed by atoms with E-state index in [2.05, 4.69) is 44.8 Å². The fraction of sp³-hybridized carbons (Fsp3) is 0.385. The lowest BCUT2D eigenvalue weighted by atomic mass is 10.1. The average molecular weight is 228 g/mol. The van der Waals surface area contributed by atoms with Crippen molar-refractivity contribution in [2.75, 3.05) is 0 Å². The van der Waals surface area contributed by atoms with Crippen LogP contribution in [0, 0.1) is 0 Å². The lowest BCUT2D eigenvalue weighted by Gasteiger charge is -2.05. The molecule has 2 N–H and O–H groups in total. The third kappa shape index (κ3) is 2.71. The van der Waals surface area contributed by atoms with E-state index in [1.165, 1.54) is 30.3 Å². The van der Waals surface area contributed by atoms with Crippen LogP contribution in [-0.4, -0.2) is 15.2 Å². The summed E-state index contributed by atoms with van der Waals surface area (Å²) in [4.78, 5) is 4.07. The van der Waals surface area contributed by atoms with Crippen LogP contribution >= 0.6 is 0 Å². The fourth-order valence-electron chi connectivity index (χ4n) is 2.01. The highest BCUT2D eigenvalue weighted by molar-refractivity contribution is 5.29. The molecule has 1 fully saturated rings. The van der Waals surface area contributed by atoms with Crippen molar-refractivity contribution in [1.82, 2.24) is 20.5 Å². The summed E-state index contributed by atoms with van der Waals surface area (Å²) in [5, 5.41) is 10.0. The van der Waals surface area contributed by atoms with Crippen molar-refractivity contribution in [3.63, 3.8) is 0 Å². The molecule has 0 atom stereocenters. The molecule has 0 saturated heterocycles. The predicted octanol–water partition coefficient (Wildman–Crippen LogP) is 1.97. The summed E-state index contributed by atoms with van der Waals surface area (Å²) >= 11 is 0. The number of nitrogens with one attached hydrogen (secondary N) is 2. The molecule has 1 aliphatic carbocycles. The highest BCUT2D eigenvalue weighted by Crippen LogP contribution is 2.40. The molecule has 0 radical (unpaired) electrons. The summed E-state index contributed by atoms with van der Waals surface area (Å²) in [7, 11) is 0. The molecule has 1 aliphatic rings. The molecule has 88 valence electrons. The molecule has 0 unspecified atom stereocenters. The minimum Gasteiger partial charge on any atom is -0.306 e. The lowest BCUT2D eigenvalue weighted by Crippen LogP contribution is -2.13. The third-order valence-electron chi connectivity index (χ3n) is 3.09. The Labute approximate surface area is 100 Å². The summed E-state index contributed by atoms with van der Waals surface area (Å²) in [5.74, 6) is 1.70. The van der Waals surface area contributed by atoms with Gasteiger partial charge in [-0.05, 0) is 29.9 Å². The number of nitrogens with zero attached hydrogens (tertiary/aromatic N) is 2. The van der Waals surface area contributed by atoms with Gasteiger partial charge in [-0.1, -0.05) is 24.3 Å².